The van der Waals surface area contributed by atoms with E-state index in [1.807, 2.05) is 6.08 Å². The fourth-order valence-electron chi connectivity index (χ4n) is 2.00. The Balaban J connectivity index is 2.10. The molecule has 2 rings (SSSR count). The minimum Gasteiger partial charge on any atom is -0.0985 e. The molecule has 18 heavy (non-hydrogen) atoms. The Morgan fingerprint density at radius 2 is 1.94 bits per heavy atom. The first-order valence-electron chi connectivity index (χ1n) is 6.39. The molecular formula is C18H20. The van der Waals surface area contributed by atoms with Gasteiger partial charge in [0.2, 0.25) is 0 Å². The Kier molecular flexibility index (Phi) is 3.66. The minimum atomic E-state index is 0.122. The van der Waals surface area contributed by atoms with E-state index in [9.17, 15) is 0 Å². The lowest BCUT2D eigenvalue weighted by Crippen LogP contribution is -2.10. The molecule has 92 valence electrons. The normalized spacial score (nSPS) is 23.1. The summed E-state index contributed by atoms with van der Waals surface area (Å²) in [5, 5.41) is 0. The van der Waals surface area contributed by atoms with Crippen molar-refractivity contribution < 1.29 is 0 Å². The van der Waals surface area contributed by atoms with Gasteiger partial charge in [0.05, 0.1) is 0 Å². The number of hydrogen-bond donors (Lipinski definition) is 0. The highest BCUT2D eigenvalue weighted by molar-refractivity contribution is 5.52. The second kappa shape index (κ2) is 5.22. The Morgan fingerprint density at radius 1 is 1.22 bits per heavy atom. The number of hydrogen-bond acceptors (Lipinski definition) is 0. The van der Waals surface area contributed by atoms with Gasteiger partial charge in [0.15, 0.2) is 0 Å². The van der Waals surface area contributed by atoms with Gasteiger partial charge in [-0.2, -0.15) is 0 Å². The number of aryl methyl sites for hydroxylation is 1. The van der Waals surface area contributed by atoms with Crippen molar-refractivity contribution in [2.75, 3.05) is 0 Å². The van der Waals surface area contributed by atoms with Crippen molar-refractivity contribution in [2.24, 2.45) is 5.41 Å². The van der Waals surface area contributed by atoms with Crippen molar-refractivity contribution >= 4 is 6.08 Å². The van der Waals surface area contributed by atoms with Crippen LogP contribution in [0.3, 0.4) is 0 Å². The van der Waals surface area contributed by atoms with Gasteiger partial charge >= 0.3 is 0 Å². The van der Waals surface area contributed by atoms with Gasteiger partial charge in [-0.25, -0.2) is 0 Å². The summed E-state index contributed by atoms with van der Waals surface area (Å²) in [5.74, 6) is 0. The van der Waals surface area contributed by atoms with Gasteiger partial charge in [-0.15, -0.1) is 0 Å². The minimum absolute atomic E-state index is 0.122. The van der Waals surface area contributed by atoms with Crippen LogP contribution in [0.1, 0.15) is 24.5 Å². The fraction of sp³-hybridized carbons (Fsp3) is 0.222. The van der Waals surface area contributed by atoms with Crippen molar-refractivity contribution in [2.45, 2.75) is 20.3 Å². The average molecular weight is 236 g/mol. The van der Waals surface area contributed by atoms with Gasteiger partial charge in [-0.3, -0.25) is 0 Å². The zero-order valence-electron chi connectivity index (χ0n) is 11.2. The Bertz CT molecular complexity index is 511. The first-order valence-corrected chi connectivity index (χ1v) is 6.39. The standard InChI is InChI=1S/C18H20/c1-4-16-9-12-18(3,13-10-16)14-11-17-7-5-15(2)6-8-17/h4-12,14H,1,13H2,2-3H3. The van der Waals surface area contributed by atoms with Crippen molar-refractivity contribution in [1.29, 1.82) is 0 Å². The SMILES string of the molecule is C=CC1=CCC(C)(C=Cc2ccc(C)cc2)C=C1. The quantitative estimate of drug-likeness (QED) is 0.686. The molecule has 1 atom stereocenters. The van der Waals surface area contributed by atoms with Crippen LogP contribution in [0.25, 0.3) is 6.08 Å². The summed E-state index contributed by atoms with van der Waals surface area (Å²) in [7, 11) is 0. The van der Waals surface area contributed by atoms with E-state index in [0.717, 1.165) is 6.42 Å². The lowest BCUT2D eigenvalue weighted by Gasteiger charge is -2.23. The first-order chi connectivity index (χ1) is 8.61. The fourth-order valence-corrected chi connectivity index (χ4v) is 2.00. The van der Waals surface area contributed by atoms with Gasteiger partial charge in [0.1, 0.15) is 0 Å². The topological polar surface area (TPSA) is 0 Å². The molecule has 0 saturated carbocycles. The monoisotopic (exact) mass is 236 g/mol. The second-order valence-corrected chi connectivity index (χ2v) is 5.20. The molecule has 0 aromatic heterocycles. The summed E-state index contributed by atoms with van der Waals surface area (Å²) in [4.78, 5) is 0. The molecule has 0 fully saturated rings. The zero-order chi connectivity index (χ0) is 13.0. The molecule has 0 radical (unpaired) electrons. The molecule has 0 spiro atoms. The van der Waals surface area contributed by atoms with E-state index in [2.05, 4.69) is 75.1 Å². The summed E-state index contributed by atoms with van der Waals surface area (Å²) in [6.45, 7) is 8.16. The average Bonchev–Trinajstić information content (AvgIpc) is 2.39. The lowest BCUT2D eigenvalue weighted by molar-refractivity contribution is 0.557. The molecule has 0 aliphatic heterocycles. The lowest BCUT2D eigenvalue weighted by atomic mass is 9.81. The smallest absolute Gasteiger partial charge is 0.00740 e. The van der Waals surface area contributed by atoms with Crippen LogP contribution in [0.4, 0.5) is 0 Å². The van der Waals surface area contributed by atoms with Gasteiger partial charge in [-0.1, -0.05) is 79.8 Å². The van der Waals surface area contributed by atoms with Crippen molar-refractivity contribution in [3.8, 4) is 0 Å². The molecule has 0 bridgehead atoms. The zero-order valence-corrected chi connectivity index (χ0v) is 11.2. The molecule has 1 aromatic carbocycles. The van der Waals surface area contributed by atoms with E-state index in [0.29, 0.717) is 0 Å². The highest BCUT2D eigenvalue weighted by Crippen LogP contribution is 2.31. The summed E-state index contributed by atoms with van der Waals surface area (Å²) in [5.41, 5.74) is 3.90. The second-order valence-electron chi connectivity index (χ2n) is 5.20. The molecule has 0 N–H and O–H groups in total. The summed E-state index contributed by atoms with van der Waals surface area (Å²) in [6, 6.07) is 8.61. The predicted molar refractivity (Wildman–Crippen MR) is 80.4 cm³/mol. The molecule has 0 heteroatoms. The van der Waals surface area contributed by atoms with Gasteiger partial charge < -0.3 is 0 Å². The molecular weight excluding hydrogens is 216 g/mol. The molecule has 0 amide bonds. The Morgan fingerprint density at radius 3 is 2.50 bits per heavy atom. The van der Waals surface area contributed by atoms with Crippen LogP contribution in [-0.4, -0.2) is 0 Å². The Hall–Kier alpha value is -1.82. The number of rotatable bonds is 3. The van der Waals surface area contributed by atoms with E-state index in [-0.39, 0.29) is 5.41 Å². The van der Waals surface area contributed by atoms with Crippen LogP contribution in [0.2, 0.25) is 0 Å². The van der Waals surface area contributed by atoms with Crippen molar-refractivity contribution in [3.63, 3.8) is 0 Å². The third-order valence-electron chi connectivity index (χ3n) is 3.40. The summed E-state index contributed by atoms with van der Waals surface area (Å²) in [6.07, 6.45) is 14.1. The van der Waals surface area contributed by atoms with E-state index in [1.165, 1.54) is 16.7 Å². The first kappa shape index (κ1) is 12.6. The van der Waals surface area contributed by atoms with Crippen molar-refractivity contribution in [1.82, 2.24) is 0 Å². The molecule has 1 aliphatic rings. The summed E-state index contributed by atoms with van der Waals surface area (Å²) >= 11 is 0. The van der Waals surface area contributed by atoms with Crippen molar-refractivity contribution in [3.05, 3.63) is 77.9 Å². The van der Waals surface area contributed by atoms with E-state index < -0.39 is 0 Å². The van der Waals surface area contributed by atoms with Crippen LogP contribution >= 0.6 is 0 Å². The summed E-state index contributed by atoms with van der Waals surface area (Å²) < 4.78 is 0. The number of benzene rings is 1. The van der Waals surface area contributed by atoms with Gasteiger partial charge in [-0.05, 0) is 24.5 Å². The van der Waals surface area contributed by atoms with Crippen LogP contribution in [0, 0.1) is 12.3 Å². The third kappa shape index (κ3) is 3.10. The maximum Gasteiger partial charge on any atom is 0.00740 e. The van der Waals surface area contributed by atoms with Gasteiger partial charge in [0.25, 0.3) is 0 Å². The third-order valence-corrected chi connectivity index (χ3v) is 3.40. The molecule has 0 heterocycles. The highest BCUT2D eigenvalue weighted by Gasteiger charge is 2.18. The van der Waals surface area contributed by atoms with Crippen LogP contribution in [0.5, 0.6) is 0 Å². The molecule has 0 nitrogen and oxygen atoms in total. The maximum absolute atomic E-state index is 3.80. The van der Waals surface area contributed by atoms with E-state index in [1.54, 1.807) is 0 Å². The highest BCUT2D eigenvalue weighted by atomic mass is 14.2. The molecule has 1 unspecified atom stereocenters. The van der Waals surface area contributed by atoms with Crippen LogP contribution in [-0.2, 0) is 0 Å². The number of allylic oxidation sites excluding steroid dienone is 6. The maximum atomic E-state index is 3.80. The molecule has 1 aromatic rings. The molecule has 0 saturated heterocycles. The van der Waals surface area contributed by atoms with E-state index >= 15 is 0 Å². The Labute approximate surface area is 110 Å². The van der Waals surface area contributed by atoms with E-state index in [4.69, 9.17) is 0 Å². The van der Waals surface area contributed by atoms with Crippen LogP contribution in [0.15, 0.2) is 66.8 Å². The predicted octanol–water partition coefficient (Wildman–Crippen LogP) is 5.09. The van der Waals surface area contributed by atoms with Crippen LogP contribution < -0.4 is 0 Å². The van der Waals surface area contributed by atoms with Gasteiger partial charge in [0, 0.05) is 5.41 Å². The molecule has 1 aliphatic carbocycles. The largest absolute Gasteiger partial charge is 0.0985 e.